The molecule has 2 aromatic carbocycles. The van der Waals surface area contributed by atoms with Crippen molar-refractivity contribution in [3.63, 3.8) is 0 Å². The zero-order valence-electron chi connectivity index (χ0n) is 37.2. The zero-order valence-corrected chi connectivity index (χ0v) is 38.8. The van der Waals surface area contributed by atoms with Gasteiger partial charge in [0.15, 0.2) is 27.8 Å². The number of nitrogens with one attached hydrogen (secondary N) is 2. The molecule has 1 fully saturated rings. The monoisotopic (exact) mass is 950 g/mol. The second-order valence-electron chi connectivity index (χ2n) is 16.7. The number of benzene rings is 2. The van der Waals surface area contributed by atoms with E-state index in [1.54, 1.807) is 11.6 Å². The third-order valence-corrected chi connectivity index (χ3v) is 12.6. The summed E-state index contributed by atoms with van der Waals surface area (Å²) in [5.74, 6) is -1.38. The first kappa shape index (κ1) is 48.2. The number of methoxy groups -OCH3 is 2. The first-order chi connectivity index (χ1) is 31.7. The van der Waals surface area contributed by atoms with E-state index in [0.29, 0.717) is 58.9 Å². The average Bonchev–Trinajstić information content (AvgIpc) is 3.84. The normalized spacial score (nSPS) is 18.4. The number of thiazole rings is 1. The van der Waals surface area contributed by atoms with Gasteiger partial charge in [0.05, 0.1) is 65.1 Å². The van der Waals surface area contributed by atoms with Crippen molar-refractivity contribution in [3.8, 4) is 22.8 Å². The lowest BCUT2D eigenvalue weighted by Crippen LogP contribution is -2.55. The third-order valence-electron chi connectivity index (χ3n) is 11.5. The Morgan fingerprint density at radius 2 is 1.83 bits per heavy atom. The number of amides is 1. The number of aromatic carboxylic acids is 1. The number of halogens is 2. The number of pyridine rings is 1. The Bertz CT molecular complexity index is 2560. The molecule has 352 valence electrons. The SMILES string of the molecule is COC(=O)C1=C(CN2CCOC[C@H]2C(=O)NCCOCCOCCOc2cc3c(cc2OC)-c2cc(=O)c(C(=O)O)cn2C(C(C)(C)C)C3)NC(c2nccs2)=N[C@H]1c1ccc(F)cc1Cl. The summed E-state index contributed by atoms with van der Waals surface area (Å²) in [5, 5.41) is 18.3. The highest BCUT2D eigenvalue weighted by atomic mass is 35.5. The van der Waals surface area contributed by atoms with Crippen LogP contribution in [0, 0.1) is 11.2 Å². The van der Waals surface area contributed by atoms with Crippen molar-refractivity contribution < 1.29 is 52.3 Å². The average molecular weight is 951 g/mol. The number of ether oxygens (including phenoxy) is 6. The lowest BCUT2D eigenvalue weighted by Gasteiger charge is -2.39. The van der Waals surface area contributed by atoms with Crippen molar-refractivity contribution in [1.29, 1.82) is 0 Å². The molecule has 1 unspecified atom stereocenters. The molecule has 3 aliphatic rings. The largest absolute Gasteiger partial charge is 0.493 e. The van der Waals surface area contributed by atoms with Crippen LogP contribution in [0.4, 0.5) is 4.39 Å². The van der Waals surface area contributed by atoms with E-state index in [1.807, 2.05) is 21.6 Å². The molecular formula is C46H52ClFN6O11S. The maximum Gasteiger partial charge on any atom is 0.341 e. The van der Waals surface area contributed by atoms with Gasteiger partial charge < -0.3 is 48.7 Å². The van der Waals surface area contributed by atoms with Gasteiger partial charge in [-0.15, -0.1) is 11.3 Å². The van der Waals surface area contributed by atoms with Crippen LogP contribution in [0.2, 0.25) is 5.02 Å². The highest BCUT2D eigenvalue weighted by molar-refractivity contribution is 7.11. The summed E-state index contributed by atoms with van der Waals surface area (Å²) in [6, 6.07) is 7.22. The predicted molar refractivity (Wildman–Crippen MR) is 243 cm³/mol. The predicted octanol–water partition coefficient (Wildman–Crippen LogP) is 5.06. The second kappa shape index (κ2) is 21.3. The van der Waals surface area contributed by atoms with E-state index in [0.717, 1.165) is 17.2 Å². The number of aromatic nitrogens is 2. The molecule has 0 radical (unpaired) electrons. The topological polar surface area (TPSA) is 201 Å². The molecule has 0 saturated carbocycles. The Balaban J connectivity index is 0.899. The maximum atomic E-state index is 14.1. The fourth-order valence-corrected chi connectivity index (χ4v) is 8.99. The Hall–Kier alpha value is -5.70. The number of amidine groups is 1. The van der Waals surface area contributed by atoms with Crippen LogP contribution in [0.15, 0.2) is 75.2 Å². The van der Waals surface area contributed by atoms with Crippen LogP contribution in [-0.2, 0) is 35.0 Å². The molecule has 17 nitrogen and oxygen atoms in total. The summed E-state index contributed by atoms with van der Waals surface area (Å²) in [6.07, 6.45) is 3.66. The molecule has 3 aliphatic heterocycles. The van der Waals surface area contributed by atoms with Gasteiger partial charge in [-0.25, -0.2) is 19.0 Å². The van der Waals surface area contributed by atoms with E-state index in [-0.39, 0.29) is 86.3 Å². The molecule has 3 N–H and O–H groups in total. The highest BCUT2D eigenvalue weighted by Gasteiger charge is 2.38. The fraction of sp³-hybridized carbons (Fsp3) is 0.435. The van der Waals surface area contributed by atoms with E-state index in [1.165, 1.54) is 50.0 Å². The molecule has 5 heterocycles. The molecule has 4 aromatic rings. The highest BCUT2D eigenvalue weighted by Crippen LogP contribution is 2.46. The molecule has 1 saturated heterocycles. The molecule has 7 rings (SSSR count). The van der Waals surface area contributed by atoms with Crippen LogP contribution < -0.4 is 25.5 Å². The molecule has 0 aliphatic carbocycles. The lowest BCUT2D eigenvalue weighted by atomic mass is 9.78. The van der Waals surface area contributed by atoms with Gasteiger partial charge in [0.1, 0.15) is 30.1 Å². The van der Waals surface area contributed by atoms with Crippen LogP contribution in [0.3, 0.4) is 0 Å². The summed E-state index contributed by atoms with van der Waals surface area (Å²) in [4.78, 5) is 62.6. The van der Waals surface area contributed by atoms with E-state index >= 15 is 0 Å². The first-order valence-corrected chi connectivity index (χ1v) is 22.5. The Morgan fingerprint density at radius 1 is 1.06 bits per heavy atom. The van der Waals surface area contributed by atoms with Crippen molar-refractivity contribution in [2.45, 2.75) is 45.3 Å². The number of nitrogens with zero attached hydrogens (tertiary/aromatic N) is 4. The van der Waals surface area contributed by atoms with Crippen molar-refractivity contribution >= 4 is 46.6 Å². The maximum absolute atomic E-state index is 14.1. The number of carboxylic acid groups (broad SMARTS) is 1. The van der Waals surface area contributed by atoms with Gasteiger partial charge in [-0.2, -0.15) is 0 Å². The van der Waals surface area contributed by atoms with Crippen molar-refractivity contribution in [3.05, 3.63) is 108 Å². The zero-order chi connectivity index (χ0) is 47.1. The fourth-order valence-electron chi connectivity index (χ4n) is 8.13. The molecule has 0 bridgehead atoms. The minimum absolute atomic E-state index is 0.0879. The van der Waals surface area contributed by atoms with Gasteiger partial charge in [-0.1, -0.05) is 38.4 Å². The molecular weight excluding hydrogens is 899 g/mol. The van der Waals surface area contributed by atoms with Gasteiger partial charge in [0.2, 0.25) is 5.91 Å². The molecule has 2 aromatic heterocycles. The van der Waals surface area contributed by atoms with E-state index in [2.05, 4.69) is 36.4 Å². The van der Waals surface area contributed by atoms with Gasteiger partial charge in [0.25, 0.3) is 0 Å². The van der Waals surface area contributed by atoms with Gasteiger partial charge in [0, 0.05) is 71.4 Å². The molecule has 0 spiro atoms. The second-order valence-corrected chi connectivity index (χ2v) is 18.0. The number of carboxylic acids is 1. The van der Waals surface area contributed by atoms with Gasteiger partial charge >= 0.3 is 11.9 Å². The number of hydrogen-bond donors (Lipinski definition) is 3. The summed E-state index contributed by atoms with van der Waals surface area (Å²) >= 11 is 7.85. The molecule has 3 atom stereocenters. The number of fused-ring (bicyclic) bond motifs is 3. The van der Waals surface area contributed by atoms with Crippen LogP contribution in [0.25, 0.3) is 11.3 Å². The smallest absolute Gasteiger partial charge is 0.341 e. The van der Waals surface area contributed by atoms with E-state index < -0.39 is 35.3 Å². The number of carbonyl (C=O) groups excluding carboxylic acids is 2. The standard InChI is InChI=1S/C46H52ClFN6O11S/c1-46(2,3)38-19-26-18-37(36(60-4)21-29(26)33-22-35(55)30(44(57)58)23-54(33)38)65-16-15-63-14-13-62-11-8-49-42(56)34-25-64-12-10-53(34)24-32-39(45(59)61-5)40(28-7-6-27(48)20-31(28)47)52-41(51-32)43-50-9-17-66-43/h6-7,9,17-18,20-23,34,38,40H,8,10-16,19,24-25H2,1-5H3,(H,49,56)(H,51,52)(H,57,58)/t34-,38?,40-/m0/s1. The molecule has 1 amide bonds. The summed E-state index contributed by atoms with van der Waals surface area (Å²) in [5.41, 5.74) is 2.24. The molecule has 66 heavy (non-hydrogen) atoms. The molecule has 20 heteroatoms. The lowest BCUT2D eigenvalue weighted by molar-refractivity contribution is -0.136. The third kappa shape index (κ3) is 10.9. The summed E-state index contributed by atoms with van der Waals surface area (Å²) in [6.45, 7) is 8.67. The van der Waals surface area contributed by atoms with Crippen LogP contribution in [0.1, 0.15) is 59.3 Å². The quantitative estimate of drug-likeness (QED) is 0.0883. The Morgan fingerprint density at radius 3 is 2.53 bits per heavy atom. The summed E-state index contributed by atoms with van der Waals surface area (Å²) in [7, 11) is 2.79. The van der Waals surface area contributed by atoms with E-state index in [4.69, 9.17) is 45.0 Å². The Kier molecular flexibility index (Phi) is 15.6. The van der Waals surface area contributed by atoms with Crippen molar-refractivity contribution in [2.75, 3.05) is 80.1 Å². The number of aliphatic imine (C=N–C) groups is 1. The minimum atomic E-state index is -1.26. The summed E-state index contributed by atoms with van der Waals surface area (Å²) < 4.78 is 50.1. The Labute approximate surface area is 389 Å². The van der Waals surface area contributed by atoms with Crippen molar-refractivity contribution in [2.24, 2.45) is 10.4 Å². The van der Waals surface area contributed by atoms with Gasteiger partial charge in [-0.05, 0) is 41.7 Å². The van der Waals surface area contributed by atoms with Crippen LogP contribution in [0.5, 0.6) is 11.5 Å². The van der Waals surface area contributed by atoms with E-state index in [9.17, 15) is 28.7 Å². The number of carbonyl (C=O) groups is 3. The number of hydrogen-bond acceptors (Lipinski definition) is 15. The first-order valence-electron chi connectivity index (χ1n) is 21.3. The van der Waals surface area contributed by atoms with Crippen molar-refractivity contribution in [1.82, 2.24) is 25.1 Å². The number of esters is 1. The number of morpholine rings is 1. The number of rotatable bonds is 18. The minimum Gasteiger partial charge on any atom is -0.493 e. The van der Waals surface area contributed by atoms with Crippen LogP contribution in [-0.4, -0.2) is 129 Å². The van der Waals surface area contributed by atoms with Crippen LogP contribution >= 0.6 is 22.9 Å². The van der Waals surface area contributed by atoms with Gasteiger partial charge in [-0.3, -0.25) is 19.5 Å².